The van der Waals surface area contributed by atoms with Crippen molar-refractivity contribution in [1.29, 1.82) is 0 Å². The van der Waals surface area contributed by atoms with Crippen LogP contribution in [0.25, 0.3) is 0 Å². The Morgan fingerprint density at radius 2 is 2.14 bits per heavy atom. The molecule has 0 amide bonds. The van der Waals surface area contributed by atoms with Crippen LogP contribution < -0.4 is 5.32 Å². The van der Waals surface area contributed by atoms with E-state index >= 15 is 0 Å². The number of hydrogen-bond donors (Lipinski definition) is 1. The van der Waals surface area contributed by atoms with Crippen LogP contribution in [0.2, 0.25) is 0 Å². The molecular formula is C15H25N3O2S. The van der Waals surface area contributed by atoms with Crippen molar-refractivity contribution in [3.05, 3.63) is 18.0 Å². The van der Waals surface area contributed by atoms with E-state index in [1.54, 1.807) is 0 Å². The molecule has 2 heterocycles. The zero-order chi connectivity index (χ0) is 14.9. The number of aromatic nitrogens is 2. The van der Waals surface area contributed by atoms with Crippen molar-refractivity contribution >= 4 is 9.84 Å². The highest BCUT2D eigenvalue weighted by Gasteiger charge is 2.37. The summed E-state index contributed by atoms with van der Waals surface area (Å²) in [5.41, 5.74) is 0.707. The molecule has 1 aromatic heterocycles. The first-order chi connectivity index (χ1) is 9.96. The predicted molar refractivity (Wildman–Crippen MR) is 82.9 cm³/mol. The first-order valence-corrected chi connectivity index (χ1v) is 9.77. The number of nitrogens with zero attached hydrogens (tertiary/aromatic N) is 2. The van der Waals surface area contributed by atoms with Gasteiger partial charge in [-0.05, 0) is 32.3 Å². The second kappa shape index (κ2) is 5.72. The molecular weight excluding hydrogens is 286 g/mol. The van der Waals surface area contributed by atoms with Crippen LogP contribution in [0.1, 0.15) is 57.2 Å². The molecule has 5 nitrogen and oxygen atoms in total. The minimum Gasteiger partial charge on any atom is -0.305 e. The van der Waals surface area contributed by atoms with Crippen LogP contribution >= 0.6 is 0 Å². The van der Waals surface area contributed by atoms with Gasteiger partial charge in [0.2, 0.25) is 0 Å². The van der Waals surface area contributed by atoms with Gasteiger partial charge in [-0.15, -0.1) is 0 Å². The molecule has 1 aromatic rings. The van der Waals surface area contributed by atoms with Crippen LogP contribution in [0.4, 0.5) is 0 Å². The fourth-order valence-electron chi connectivity index (χ4n) is 3.47. The van der Waals surface area contributed by atoms with E-state index in [4.69, 9.17) is 0 Å². The van der Waals surface area contributed by atoms with Gasteiger partial charge in [-0.1, -0.05) is 19.3 Å². The highest BCUT2D eigenvalue weighted by Crippen LogP contribution is 2.27. The van der Waals surface area contributed by atoms with E-state index in [0.29, 0.717) is 24.8 Å². The maximum absolute atomic E-state index is 11.6. The minimum absolute atomic E-state index is 0.239. The molecule has 6 heteroatoms. The largest absolute Gasteiger partial charge is 0.305 e. The van der Waals surface area contributed by atoms with Crippen LogP contribution in [0, 0.1) is 0 Å². The topological polar surface area (TPSA) is 64.0 Å². The van der Waals surface area contributed by atoms with Crippen molar-refractivity contribution in [2.24, 2.45) is 0 Å². The lowest BCUT2D eigenvalue weighted by Gasteiger charge is -2.23. The Morgan fingerprint density at radius 1 is 1.38 bits per heavy atom. The number of hydrogen-bond acceptors (Lipinski definition) is 4. The second-order valence-electron chi connectivity index (χ2n) is 6.84. The molecule has 1 unspecified atom stereocenters. The standard InChI is InChI=1S/C15H25N3O2S/c1-15(8-10-21(19,20)12-15)16-11-13-7-9-18(17-13)14-5-3-2-4-6-14/h7,9,14,16H,2-6,8,10-12H2,1H3. The molecule has 1 saturated heterocycles. The van der Waals surface area contributed by atoms with Crippen molar-refractivity contribution in [2.45, 2.75) is 63.6 Å². The van der Waals surface area contributed by atoms with Gasteiger partial charge in [0.1, 0.15) is 0 Å². The van der Waals surface area contributed by atoms with Gasteiger partial charge in [-0.25, -0.2) is 8.42 Å². The minimum atomic E-state index is -2.86. The van der Waals surface area contributed by atoms with Crippen LogP contribution in [-0.4, -0.2) is 35.2 Å². The molecule has 1 aliphatic heterocycles. The van der Waals surface area contributed by atoms with Gasteiger partial charge < -0.3 is 5.32 Å². The lowest BCUT2D eigenvalue weighted by Crippen LogP contribution is -2.42. The Balaban J connectivity index is 1.57. The van der Waals surface area contributed by atoms with E-state index in [2.05, 4.69) is 27.4 Å². The molecule has 1 saturated carbocycles. The average Bonchev–Trinajstić information content (AvgIpc) is 3.03. The quantitative estimate of drug-likeness (QED) is 0.924. The molecule has 0 radical (unpaired) electrons. The molecule has 0 bridgehead atoms. The lowest BCUT2D eigenvalue weighted by molar-refractivity contribution is 0.326. The van der Waals surface area contributed by atoms with Gasteiger partial charge in [-0.3, -0.25) is 4.68 Å². The summed E-state index contributed by atoms with van der Waals surface area (Å²) in [5, 5.41) is 8.06. The zero-order valence-electron chi connectivity index (χ0n) is 12.7. The molecule has 3 rings (SSSR count). The van der Waals surface area contributed by atoms with Crippen molar-refractivity contribution < 1.29 is 8.42 Å². The summed E-state index contributed by atoms with van der Waals surface area (Å²) >= 11 is 0. The van der Waals surface area contributed by atoms with Crippen LogP contribution in [0.15, 0.2) is 12.3 Å². The van der Waals surface area contributed by atoms with Gasteiger partial charge in [0.15, 0.2) is 9.84 Å². The summed E-state index contributed by atoms with van der Waals surface area (Å²) in [7, 11) is -2.86. The van der Waals surface area contributed by atoms with Gasteiger partial charge >= 0.3 is 0 Å². The highest BCUT2D eigenvalue weighted by atomic mass is 32.2. The highest BCUT2D eigenvalue weighted by molar-refractivity contribution is 7.91. The van der Waals surface area contributed by atoms with Crippen LogP contribution in [-0.2, 0) is 16.4 Å². The molecule has 118 valence electrons. The Labute approximate surface area is 127 Å². The first-order valence-electron chi connectivity index (χ1n) is 7.95. The predicted octanol–water partition coefficient (Wildman–Crippen LogP) is 2.06. The average molecular weight is 311 g/mol. The van der Waals surface area contributed by atoms with E-state index < -0.39 is 9.84 Å². The summed E-state index contributed by atoms with van der Waals surface area (Å²) < 4.78 is 25.3. The fraction of sp³-hybridized carbons (Fsp3) is 0.800. The molecule has 1 atom stereocenters. The Hall–Kier alpha value is -0.880. The number of sulfone groups is 1. The fourth-order valence-corrected chi connectivity index (χ4v) is 5.60. The SMILES string of the molecule is CC1(NCc2ccn(C3CCCCC3)n2)CCS(=O)(=O)C1. The van der Waals surface area contributed by atoms with Crippen molar-refractivity contribution in [3.8, 4) is 0 Å². The van der Waals surface area contributed by atoms with Gasteiger partial charge in [-0.2, -0.15) is 5.10 Å². The third-order valence-corrected chi connectivity index (χ3v) is 6.72. The Bertz CT molecular complexity index is 590. The summed E-state index contributed by atoms with van der Waals surface area (Å²) in [5.74, 6) is 0.538. The smallest absolute Gasteiger partial charge is 0.152 e. The number of rotatable bonds is 4. The second-order valence-corrected chi connectivity index (χ2v) is 9.02. The van der Waals surface area contributed by atoms with E-state index in [1.807, 2.05) is 6.92 Å². The molecule has 21 heavy (non-hydrogen) atoms. The molecule has 2 fully saturated rings. The van der Waals surface area contributed by atoms with Gasteiger partial charge in [0, 0.05) is 18.3 Å². The Morgan fingerprint density at radius 3 is 2.81 bits per heavy atom. The molecule has 1 N–H and O–H groups in total. The molecule has 2 aliphatic rings. The lowest BCUT2D eigenvalue weighted by atomic mass is 9.96. The van der Waals surface area contributed by atoms with E-state index in [0.717, 1.165) is 5.69 Å². The van der Waals surface area contributed by atoms with Crippen molar-refractivity contribution in [1.82, 2.24) is 15.1 Å². The van der Waals surface area contributed by atoms with Crippen molar-refractivity contribution in [3.63, 3.8) is 0 Å². The van der Waals surface area contributed by atoms with E-state index in [-0.39, 0.29) is 11.3 Å². The van der Waals surface area contributed by atoms with Gasteiger partial charge in [0.25, 0.3) is 0 Å². The van der Waals surface area contributed by atoms with Crippen molar-refractivity contribution in [2.75, 3.05) is 11.5 Å². The third kappa shape index (κ3) is 3.66. The Kier molecular flexibility index (Phi) is 4.10. The molecule has 1 aliphatic carbocycles. The first kappa shape index (κ1) is 15.0. The normalized spacial score (nSPS) is 29.8. The summed E-state index contributed by atoms with van der Waals surface area (Å²) in [6, 6.07) is 2.60. The van der Waals surface area contributed by atoms with Crippen LogP contribution in [0.5, 0.6) is 0 Å². The van der Waals surface area contributed by atoms with E-state index in [1.165, 1.54) is 32.1 Å². The molecule has 0 spiro atoms. The monoisotopic (exact) mass is 311 g/mol. The summed E-state index contributed by atoms with van der Waals surface area (Å²) in [6.07, 6.45) is 9.16. The summed E-state index contributed by atoms with van der Waals surface area (Å²) in [6.45, 7) is 2.64. The van der Waals surface area contributed by atoms with E-state index in [9.17, 15) is 8.42 Å². The maximum Gasteiger partial charge on any atom is 0.152 e. The summed E-state index contributed by atoms with van der Waals surface area (Å²) in [4.78, 5) is 0. The molecule has 0 aromatic carbocycles. The number of nitrogens with one attached hydrogen (secondary N) is 1. The van der Waals surface area contributed by atoms with Gasteiger partial charge in [0.05, 0.1) is 23.2 Å². The third-order valence-electron chi connectivity index (χ3n) is 4.81. The van der Waals surface area contributed by atoms with Crippen LogP contribution in [0.3, 0.4) is 0 Å². The zero-order valence-corrected chi connectivity index (χ0v) is 13.5. The maximum atomic E-state index is 11.6.